The summed E-state index contributed by atoms with van der Waals surface area (Å²) < 4.78 is 21.2. The molecule has 0 atom stereocenters. The molecule has 8 heteroatoms. The quantitative estimate of drug-likeness (QED) is 0.299. The third-order valence-corrected chi connectivity index (χ3v) is 5.70. The summed E-state index contributed by atoms with van der Waals surface area (Å²) in [4.78, 5) is 25.2. The lowest BCUT2D eigenvalue weighted by atomic mass is 10.0. The fourth-order valence-corrected chi connectivity index (χ4v) is 4.10. The summed E-state index contributed by atoms with van der Waals surface area (Å²) in [5, 5.41) is 5.17. The summed E-state index contributed by atoms with van der Waals surface area (Å²) in [7, 11) is 3.20. The second kappa shape index (κ2) is 11.9. The van der Waals surface area contributed by atoms with Crippen molar-refractivity contribution in [2.45, 2.75) is 19.8 Å². The molecule has 33 heavy (non-hydrogen) atoms. The van der Waals surface area contributed by atoms with Crippen LogP contribution in [-0.2, 0) is 9.53 Å². The first kappa shape index (κ1) is 24.1. The van der Waals surface area contributed by atoms with E-state index in [9.17, 15) is 9.59 Å². The average Bonchev–Trinajstić information content (AvgIpc) is 3.26. The van der Waals surface area contributed by atoms with E-state index in [2.05, 4.69) is 5.32 Å². The van der Waals surface area contributed by atoms with Gasteiger partial charge in [0.1, 0.15) is 27.8 Å². The van der Waals surface area contributed by atoms with Crippen molar-refractivity contribution in [1.29, 1.82) is 0 Å². The first-order valence-electron chi connectivity index (χ1n) is 10.6. The summed E-state index contributed by atoms with van der Waals surface area (Å²) in [6.45, 7) is 2.39. The number of anilines is 1. The zero-order chi connectivity index (χ0) is 23.6. The van der Waals surface area contributed by atoms with Gasteiger partial charge in [0.2, 0.25) is 5.91 Å². The van der Waals surface area contributed by atoms with Crippen LogP contribution in [0.15, 0.2) is 53.9 Å². The van der Waals surface area contributed by atoms with Crippen molar-refractivity contribution in [2.24, 2.45) is 0 Å². The van der Waals surface area contributed by atoms with Crippen LogP contribution in [0.5, 0.6) is 17.2 Å². The van der Waals surface area contributed by atoms with Crippen LogP contribution in [0.2, 0.25) is 0 Å². The van der Waals surface area contributed by atoms with Crippen LogP contribution >= 0.6 is 11.3 Å². The van der Waals surface area contributed by atoms with Crippen molar-refractivity contribution in [3.8, 4) is 28.4 Å². The highest BCUT2D eigenvalue weighted by molar-refractivity contribution is 7.15. The minimum atomic E-state index is -0.470. The molecule has 0 bridgehead atoms. The van der Waals surface area contributed by atoms with E-state index in [4.69, 9.17) is 18.9 Å². The number of thiophene rings is 1. The number of nitrogens with one attached hydrogen (secondary N) is 1. The predicted molar refractivity (Wildman–Crippen MR) is 129 cm³/mol. The van der Waals surface area contributed by atoms with Gasteiger partial charge in [0, 0.05) is 17.4 Å². The van der Waals surface area contributed by atoms with Gasteiger partial charge in [0.15, 0.2) is 0 Å². The molecule has 7 nitrogen and oxygen atoms in total. The molecular formula is C25H27NO6S. The number of carbonyl (C=O) groups is 2. The Labute approximate surface area is 197 Å². The summed E-state index contributed by atoms with van der Waals surface area (Å²) in [6.07, 6.45) is 0.789. The summed E-state index contributed by atoms with van der Waals surface area (Å²) in [5.41, 5.74) is 1.90. The molecule has 3 aromatic rings. The Balaban J connectivity index is 1.63. The zero-order valence-corrected chi connectivity index (χ0v) is 19.7. The van der Waals surface area contributed by atoms with E-state index in [1.54, 1.807) is 21.1 Å². The Morgan fingerprint density at radius 1 is 0.909 bits per heavy atom. The van der Waals surface area contributed by atoms with Crippen molar-refractivity contribution in [3.05, 3.63) is 59.5 Å². The molecule has 2 aromatic carbocycles. The smallest absolute Gasteiger partial charge is 0.341 e. The molecule has 0 aliphatic carbocycles. The lowest BCUT2D eigenvalue weighted by Crippen LogP contribution is -2.15. The Morgan fingerprint density at radius 3 is 2.12 bits per heavy atom. The molecule has 1 N–H and O–H groups in total. The normalized spacial score (nSPS) is 10.4. The minimum Gasteiger partial charge on any atom is -0.497 e. The van der Waals surface area contributed by atoms with Crippen LogP contribution in [0.1, 0.15) is 30.1 Å². The van der Waals surface area contributed by atoms with Gasteiger partial charge in [-0.15, -0.1) is 11.3 Å². The van der Waals surface area contributed by atoms with Gasteiger partial charge in [-0.2, -0.15) is 0 Å². The van der Waals surface area contributed by atoms with Gasteiger partial charge >= 0.3 is 5.97 Å². The van der Waals surface area contributed by atoms with E-state index in [1.165, 1.54) is 11.3 Å². The highest BCUT2D eigenvalue weighted by atomic mass is 32.1. The predicted octanol–water partition coefficient (Wildman–Crippen LogP) is 5.41. The number of methoxy groups -OCH3 is 2. The Hall–Kier alpha value is -3.52. The maximum absolute atomic E-state index is 12.7. The summed E-state index contributed by atoms with van der Waals surface area (Å²) in [6, 6.07) is 14.6. The van der Waals surface area contributed by atoms with Crippen LogP contribution in [-0.4, -0.2) is 39.3 Å². The van der Waals surface area contributed by atoms with Crippen LogP contribution in [0.4, 0.5) is 5.00 Å². The SMILES string of the molecule is CCOC(=O)c1c(-c2ccc(OC)cc2)csc1NC(=O)CCCOc1ccc(OC)cc1. The maximum Gasteiger partial charge on any atom is 0.341 e. The first-order chi connectivity index (χ1) is 16.0. The van der Waals surface area contributed by atoms with Crippen LogP contribution < -0.4 is 19.5 Å². The molecule has 0 fully saturated rings. The molecular weight excluding hydrogens is 442 g/mol. The Bertz CT molecular complexity index is 1060. The van der Waals surface area contributed by atoms with Crippen LogP contribution in [0.25, 0.3) is 11.1 Å². The average molecular weight is 470 g/mol. The van der Waals surface area contributed by atoms with Crippen molar-refractivity contribution in [1.82, 2.24) is 0 Å². The Morgan fingerprint density at radius 2 is 1.52 bits per heavy atom. The molecule has 0 aliphatic rings. The molecule has 3 rings (SSSR count). The van der Waals surface area contributed by atoms with Gasteiger partial charge in [0.05, 0.1) is 27.4 Å². The molecule has 1 amide bonds. The highest BCUT2D eigenvalue weighted by Crippen LogP contribution is 2.37. The minimum absolute atomic E-state index is 0.193. The summed E-state index contributed by atoms with van der Waals surface area (Å²) in [5.74, 6) is 1.52. The van der Waals surface area contributed by atoms with Gasteiger partial charge < -0.3 is 24.3 Å². The van der Waals surface area contributed by atoms with Crippen LogP contribution in [0, 0.1) is 0 Å². The summed E-state index contributed by atoms with van der Waals surface area (Å²) >= 11 is 1.30. The van der Waals surface area contributed by atoms with Crippen molar-refractivity contribution in [2.75, 3.05) is 32.8 Å². The molecule has 1 aromatic heterocycles. The molecule has 0 radical (unpaired) electrons. The lowest BCUT2D eigenvalue weighted by Gasteiger charge is -2.10. The number of hydrogen-bond donors (Lipinski definition) is 1. The van der Waals surface area contributed by atoms with Gasteiger partial charge in [0.25, 0.3) is 0 Å². The maximum atomic E-state index is 12.7. The van der Waals surface area contributed by atoms with E-state index in [-0.39, 0.29) is 18.9 Å². The molecule has 0 saturated heterocycles. The molecule has 0 aliphatic heterocycles. The highest BCUT2D eigenvalue weighted by Gasteiger charge is 2.22. The fraction of sp³-hybridized carbons (Fsp3) is 0.280. The zero-order valence-electron chi connectivity index (χ0n) is 18.9. The fourth-order valence-electron chi connectivity index (χ4n) is 3.12. The topological polar surface area (TPSA) is 83.1 Å². The number of carbonyl (C=O) groups excluding carboxylic acids is 2. The van der Waals surface area contributed by atoms with E-state index >= 15 is 0 Å². The van der Waals surface area contributed by atoms with Crippen molar-refractivity contribution in [3.63, 3.8) is 0 Å². The standard InChI is InChI=1S/C25H27NO6S/c1-4-31-25(28)23-21(17-7-9-18(29-2)10-8-17)16-33-24(23)26-22(27)6-5-15-32-20-13-11-19(30-3)12-14-20/h7-14,16H,4-6,15H2,1-3H3,(H,26,27). The molecule has 174 valence electrons. The lowest BCUT2D eigenvalue weighted by molar-refractivity contribution is -0.116. The number of hydrogen-bond acceptors (Lipinski definition) is 7. The van der Waals surface area contributed by atoms with Gasteiger partial charge in [-0.3, -0.25) is 4.79 Å². The number of rotatable bonds is 11. The number of esters is 1. The second-order valence-electron chi connectivity index (χ2n) is 6.98. The first-order valence-corrected chi connectivity index (χ1v) is 11.4. The van der Waals surface area contributed by atoms with Gasteiger partial charge in [-0.25, -0.2) is 4.79 Å². The third kappa shape index (κ3) is 6.49. The largest absolute Gasteiger partial charge is 0.497 e. The van der Waals surface area contributed by atoms with E-state index in [0.717, 1.165) is 17.1 Å². The molecule has 1 heterocycles. The van der Waals surface area contributed by atoms with Crippen molar-refractivity contribution >= 4 is 28.2 Å². The van der Waals surface area contributed by atoms with E-state index in [0.29, 0.717) is 34.9 Å². The third-order valence-electron chi connectivity index (χ3n) is 4.80. The van der Waals surface area contributed by atoms with E-state index in [1.807, 2.05) is 53.9 Å². The van der Waals surface area contributed by atoms with Crippen molar-refractivity contribution < 1.29 is 28.5 Å². The van der Waals surface area contributed by atoms with E-state index < -0.39 is 5.97 Å². The molecule has 0 saturated carbocycles. The molecule has 0 unspecified atom stereocenters. The van der Waals surface area contributed by atoms with Gasteiger partial charge in [-0.1, -0.05) is 12.1 Å². The number of ether oxygens (including phenoxy) is 4. The van der Waals surface area contributed by atoms with Crippen LogP contribution in [0.3, 0.4) is 0 Å². The second-order valence-corrected chi connectivity index (χ2v) is 7.86. The monoisotopic (exact) mass is 469 g/mol. The molecule has 0 spiro atoms. The number of benzene rings is 2. The number of amides is 1. The van der Waals surface area contributed by atoms with Gasteiger partial charge in [-0.05, 0) is 55.3 Å². The Kier molecular flexibility index (Phi) is 8.71.